The third kappa shape index (κ3) is 14.4. The van der Waals surface area contributed by atoms with E-state index in [2.05, 4.69) is 21.3 Å². The molecule has 0 saturated heterocycles. The minimum atomic E-state index is -1.37. The summed E-state index contributed by atoms with van der Waals surface area (Å²) in [5, 5.41) is 27.8. The molecule has 4 atom stereocenters. The molecular formula is C23H43N7O8. The molecular weight excluding hydrogens is 502 g/mol. The molecule has 0 radical (unpaired) electrons. The molecule has 15 heteroatoms. The van der Waals surface area contributed by atoms with E-state index in [1.807, 2.05) is 0 Å². The van der Waals surface area contributed by atoms with Crippen LogP contribution in [0.5, 0.6) is 0 Å². The first-order valence-corrected chi connectivity index (χ1v) is 12.6. The number of unbranched alkanes of at least 4 members (excludes halogenated alkanes) is 2. The van der Waals surface area contributed by atoms with Gasteiger partial charge < -0.3 is 48.7 Å². The molecule has 0 saturated carbocycles. The maximum atomic E-state index is 13.0. The first kappa shape index (κ1) is 34.7. The second-order valence-corrected chi connectivity index (χ2v) is 9.24. The van der Waals surface area contributed by atoms with Crippen molar-refractivity contribution in [1.82, 2.24) is 21.3 Å². The van der Waals surface area contributed by atoms with Gasteiger partial charge in [0.15, 0.2) is 0 Å². The van der Waals surface area contributed by atoms with Crippen LogP contribution in [0.1, 0.15) is 58.8 Å². The smallest absolute Gasteiger partial charge is 0.326 e. The van der Waals surface area contributed by atoms with Crippen molar-refractivity contribution >= 4 is 35.6 Å². The van der Waals surface area contributed by atoms with Crippen LogP contribution in [0, 0.1) is 5.92 Å². The number of carboxylic acid groups (broad SMARTS) is 2. The first-order valence-electron chi connectivity index (χ1n) is 12.6. The highest BCUT2D eigenvalue weighted by atomic mass is 16.4. The van der Waals surface area contributed by atoms with Crippen molar-refractivity contribution in [3.8, 4) is 0 Å². The summed E-state index contributed by atoms with van der Waals surface area (Å²) < 4.78 is 0. The Morgan fingerprint density at radius 1 is 0.737 bits per heavy atom. The van der Waals surface area contributed by atoms with Crippen molar-refractivity contribution in [2.45, 2.75) is 83.0 Å². The van der Waals surface area contributed by atoms with Crippen LogP contribution in [0.4, 0.5) is 0 Å². The Morgan fingerprint density at radius 2 is 1.29 bits per heavy atom. The number of carbonyl (C=O) groups is 6. The van der Waals surface area contributed by atoms with Gasteiger partial charge in [-0.05, 0) is 57.5 Å². The normalized spacial score (nSPS) is 14.1. The van der Waals surface area contributed by atoms with Crippen LogP contribution in [-0.4, -0.2) is 89.6 Å². The Labute approximate surface area is 222 Å². The molecule has 0 aromatic rings. The molecule has 0 spiro atoms. The van der Waals surface area contributed by atoms with E-state index < -0.39 is 78.6 Å². The lowest BCUT2D eigenvalue weighted by molar-refractivity contribution is -0.142. The van der Waals surface area contributed by atoms with Crippen molar-refractivity contribution < 1.29 is 39.0 Å². The van der Waals surface area contributed by atoms with Gasteiger partial charge in [-0.25, -0.2) is 4.79 Å². The van der Waals surface area contributed by atoms with E-state index in [0.717, 1.165) is 0 Å². The van der Waals surface area contributed by atoms with Crippen molar-refractivity contribution in [2.24, 2.45) is 23.1 Å². The highest BCUT2D eigenvalue weighted by molar-refractivity contribution is 5.95. The molecule has 0 aliphatic heterocycles. The maximum absolute atomic E-state index is 13.0. The van der Waals surface area contributed by atoms with Gasteiger partial charge >= 0.3 is 11.9 Å². The van der Waals surface area contributed by atoms with E-state index in [4.69, 9.17) is 22.3 Å². The molecule has 0 aromatic heterocycles. The predicted molar refractivity (Wildman–Crippen MR) is 137 cm³/mol. The SMILES string of the molecule is CC(C)[C@H](NC(=O)[C@@H](N)CC(=O)O)C(=O)N[C@@H](CCCCN)C(=O)NCC(=O)N[C@@H](CCCCN)C(=O)O. The van der Waals surface area contributed by atoms with E-state index in [9.17, 15) is 33.9 Å². The molecule has 4 amide bonds. The summed E-state index contributed by atoms with van der Waals surface area (Å²) in [6.45, 7) is 3.53. The zero-order valence-corrected chi connectivity index (χ0v) is 22.0. The Kier molecular flexibility index (Phi) is 17.2. The van der Waals surface area contributed by atoms with Crippen LogP contribution >= 0.6 is 0 Å². The summed E-state index contributed by atoms with van der Waals surface area (Å²) in [5.74, 6) is -5.84. The quantitative estimate of drug-likeness (QED) is 0.0713. The van der Waals surface area contributed by atoms with Gasteiger partial charge in [-0.3, -0.25) is 24.0 Å². The van der Waals surface area contributed by atoms with Crippen molar-refractivity contribution in [3.63, 3.8) is 0 Å². The molecule has 0 rings (SSSR count). The lowest BCUT2D eigenvalue weighted by atomic mass is 10.0. The standard InChI is InChI=1S/C23H43N7O8/c1-13(2)19(30-20(34)14(26)11-18(32)33)22(36)29-15(7-3-5-9-24)21(35)27-12-17(31)28-16(23(37)38)8-4-6-10-25/h13-16,19H,3-12,24-26H2,1-2H3,(H,27,35)(H,28,31)(H,29,36)(H,30,34)(H,32,33)(H,37,38)/t14-,15-,16-,19-/m0/s1. The Hall–Kier alpha value is -3.30. The third-order valence-corrected chi connectivity index (χ3v) is 5.56. The summed E-state index contributed by atoms with van der Waals surface area (Å²) in [5.41, 5.74) is 16.5. The summed E-state index contributed by atoms with van der Waals surface area (Å²) in [6.07, 6.45) is 1.89. The molecule has 0 aliphatic rings. The molecule has 218 valence electrons. The topological polar surface area (TPSA) is 269 Å². The Bertz CT molecular complexity index is 809. The molecule has 12 N–H and O–H groups in total. The minimum Gasteiger partial charge on any atom is -0.481 e. The van der Waals surface area contributed by atoms with Gasteiger partial charge in [0.05, 0.1) is 19.0 Å². The van der Waals surface area contributed by atoms with Crippen LogP contribution in [0.25, 0.3) is 0 Å². The van der Waals surface area contributed by atoms with Gasteiger partial charge in [-0.2, -0.15) is 0 Å². The van der Waals surface area contributed by atoms with Gasteiger partial charge in [0.25, 0.3) is 0 Å². The highest BCUT2D eigenvalue weighted by Gasteiger charge is 2.30. The van der Waals surface area contributed by atoms with Crippen molar-refractivity contribution in [2.75, 3.05) is 19.6 Å². The molecule has 0 heterocycles. The molecule has 15 nitrogen and oxygen atoms in total. The van der Waals surface area contributed by atoms with Crippen LogP contribution in [-0.2, 0) is 28.8 Å². The van der Waals surface area contributed by atoms with E-state index in [-0.39, 0.29) is 12.8 Å². The van der Waals surface area contributed by atoms with Gasteiger partial charge in [-0.1, -0.05) is 13.8 Å². The second-order valence-electron chi connectivity index (χ2n) is 9.24. The van der Waals surface area contributed by atoms with Gasteiger partial charge in [0.2, 0.25) is 23.6 Å². The van der Waals surface area contributed by atoms with Gasteiger partial charge in [0.1, 0.15) is 18.1 Å². The van der Waals surface area contributed by atoms with E-state index in [0.29, 0.717) is 38.8 Å². The third-order valence-electron chi connectivity index (χ3n) is 5.56. The number of nitrogens with two attached hydrogens (primary N) is 3. The van der Waals surface area contributed by atoms with Gasteiger partial charge in [-0.15, -0.1) is 0 Å². The van der Waals surface area contributed by atoms with E-state index in [1.165, 1.54) is 0 Å². The number of hydrogen-bond donors (Lipinski definition) is 9. The fourth-order valence-corrected chi connectivity index (χ4v) is 3.39. The molecule has 38 heavy (non-hydrogen) atoms. The number of rotatable bonds is 20. The average Bonchev–Trinajstić information content (AvgIpc) is 2.83. The molecule has 0 bridgehead atoms. The van der Waals surface area contributed by atoms with Crippen LogP contribution in [0.15, 0.2) is 0 Å². The largest absolute Gasteiger partial charge is 0.481 e. The zero-order valence-electron chi connectivity index (χ0n) is 22.0. The predicted octanol–water partition coefficient (Wildman–Crippen LogP) is -2.64. The number of carboxylic acids is 2. The molecule has 0 aromatic carbocycles. The summed E-state index contributed by atoms with van der Waals surface area (Å²) in [6, 6.07) is -4.68. The monoisotopic (exact) mass is 545 g/mol. The molecule has 0 fully saturated rings. The lowest BCUT2D eigenvalue weighted by Crippen LogP contribution is -2.58. The lowest BCUT2D eigenvalue weighted by Gasteiger charge is -2.26. The second kappa shape index (κ2) is 18.9. The highest BCUT2D eigenvalue weighted by Crippen LogP contribution is 2.07. The minimum absolute atomic E-state index is 0.183. The number of carbonyl (C=O) groups excluding carboxylic acids is 4. The average molecular weight is 546 g/mol. The summed E-state index contributed by atoms with van der Waals surface area (Å²) in [7, 11) is 0. The number of amides is 4. The number of nitrogens with one attached hydrogen (secondary N) is 4. The van der Waals surface area contributed by atoms with Crippen LogP contribution in [0.2, 0.25) is 0 Å². The Balaban J connectivity index is 5.25. The fourth-order valence-electron chi connectivity index (χ4n) is 3.39. The zero-order chi connectivity index (χ0) is 29.3. The first-order chi connectivity index (χ1) is 17.8. The number of aliphatic carboxylic acids is 2. The van der Waals surface area contributed by atoms with Crippen LogP contribution < -0.4 is 38.5 Å². The Morgan fingerprint density at radius 3 is 1.76 bits per heavy atom. The van der Waals surface area contributed by atoms with Gasteiger partial charge in [0, 0.05) is 0 Å². The van der Waals surface area contributed by atoms with E-state index >= 15 is 0 Å². The van der Waals surface area contributed by atoms with Crippen molar-refractivity contribution in [3.05, 3.63) is 0 Å². The van der Waals surface area contributed by atoms with E-state index in [1.54, 1.807) is 13.8 Å². The molecule has 0 aliphatic carbocycles. The maximum Gasteiger partial charge on any atom is 0.326 e. The number of hydrogen-bond acceptors (Lipinski definition) is 9. The molecule has 0 unspecified atom stereocenters. The summed E-state index contributed by atoms with van der Waals surface area (Å²) >= 11 is 0. The fraction of sp³-hybridized carbons (Fsp3) is 0.739. The van der Waals surface area contributed by atoms with Crippen LogP contribution in [0.3, 0.4) is 0 Å². The van der Waals surface area contributed by atoms with Crippen molar-refractivity contribution in [1.29, 1.82) is 0 Å². The summed E-state index contributed by atoms with van der Waals surface area (Å²) in [4.78, 5) is 72.5.